The van der Waals surface area contributed by atoms with Crippen molar-refractivity contribution in [2.24, 2.45) is 0 Å². The summed E-state index contributed by atoms with van der Waals surface area (Å²) in [6.45, 7) is 6.48. The van der Waals surface area contributed by atoms with Gasteiger partial charge in [-0.05, 0) is 61.6 Å². The molecule has 0 saturated carbocycles. The Morgan fingerprint density at radius 3 is 2.41 bits per heavy atom. The first kappa shape index (κ1) is 19.0. The van der Waals surface area contributed by atoms with E-state index in [1.807, 2.05) is 48.2 Å². The summed E-state index contributed by atoms with van der Waals surface area (Å²) in [4.78, 5) is 26.3. The van der Waals surface area contributed by atoms with Crippen LogP contribution in [0.3, 0.4) is 0 Å². The molecule has 1 aliphatic rings. The molecule has 3 rings (SSSR count). The summed E-state index contributed by atoms with van der Waals surface area (Å²) in [5.41, 5.74) is 5.03. The zero-order valence-electron chi connectivity index (χ0n) is 16.0. The molecule has 2 amide bonds. The van der Waals surface area contributed by atoms with Crippen molar-refractivity contribution in [3.05, 3.63) is 64.7 Å². The minimum Gasteiger partial charge on any atom is -0.376 e. The largest absolute Gasteiger partial charge is 0.376 e. The second-order valence-corrected chi connectivity index (χ2v) is 7.07. The molecule has 0 atom stereocenters. The van der Waals surface area contributed by atoms with Gasteiger partial charge in [0.15, 0.2) is 0 Å². The summed E-state index contributed by atoms with van der Waals surface area (Å²) in [6, 6.07) is 13.5. The molecule has 1 saturated heterocycles. The summed E-state index contributed by atoms with van der Waals surface area (Å²) in [7, 11) is 0. The van der Waals surface area contributed by atoms with E-state index >= 15 is 0 Å². The summed E-state index contributed by atoms with van der Waals surface area (Å²) >= 11 is 0. The van der Waals surface area contributed by atoms with Gasteiger partial charge in [-0.15, -0.1) is 0 Å². The number of benzene rings is 2. The van der Waals surface area contributed by atoms with Crippen molar-refractivity contribution in [3.63, 3.8) is 0 Å². The Bertz CT molecular complexity index is 809. The number of aryl methyl sites for hydroxylation is 1. The summed E-state index contributed by atoms with van der Waals surface area (Å²) in [5.74, 6) is 0.0361. The second-order valence-electron chi connectivity index (χ2n) is 7.07. The highest BCUT2D eigenvalue weighted by molar-refractivity contribution is 5.94. The molecule has 5 nitrogen and oxygen atoms in total. The SMILES string of the molecule is Cc1cccc(NCC(=O)NCc2ccc(C(=O)N3CCCC3)cc2)c1C. The quantitative estimate of drug-likeness (QED) is 0.826. The Labute approximate surface area is 160 Å². The maximum absolute atomic E-state index is 12.3. The van der Waals surface area contributed by atoms with Gasteiger partial charge in [0.05, 0.1) is 6.54 Å². The number of nitrogens with zero attached hydrogens (tertiary/aromatic N) is 1. The minimum absolute atomic E-state index is 0.0619. The van der Waals surface area contributed by atoms with Gasteiger partial charge in [0, 0.05) is 30.9 Å². The molecule has 2 aromatic rings. The van der Waals surface area contributed by atoms with Crippen molar-refractivity contribution >= 4 is 17.5 Å². The molecular formula is C22H27N3O2. The lowest BCUT2D eigenvalue weighted by molar-refractivity contribution is -0.119. The number of amides is 2. The Kier molecular flexibility index (Phi) is 6.12. The van der Waals surface area contributed by atoms with Crippen LogP contribution in [-0.2, 0) is 11.3 Å². The Hall–Kier alpha value is -2.82. The fourth-order valence-corrected chi connectivity index (χ4v) is 3.25. The highest BCUT2D eigenvalue weighted by atomic mass is 16.2. The van der Waals surface area contributed by atoms with Gasteiger partial charge < -0.3 is 15.5 Å². The molecule has 5 heteroatoms. The van der Waals surface area contributed by atoms with Gasteiger partial charge in [0.2, 0.25) is 5.91 Å². The zero-order valence-corrected chi connectivity index (χ0v) is 16.0. The van der Waals surface area contributed by atoms with Crippen LogP contribution in [0, 0.1) is 13.8 Å². The molecule has 0 bridgehead atoms. The van der Waals surface area contributed by atoms with Gasteiger partial charge in [-0.3, -0.25) is 9.59 Å². The van der Waals surface area contributed by atoms with Crippen molar-refractivity contribution in [3.8, 4) is 0 Å². The number of carbonyl (C=O) groups is 2. The van der Waals surface area contributed by atoms with E-state index in [2.05, 4.69) is 23.6 Å². The van der Waals surface area contributed by atoms with Crippen LogP contribution in [0.4, 0.5) is 5.69 Å². The van der Waals surface area contributed by atoms with Gasteiger partial charge >= 0.3 is 0 Å². The third-order valence-corrected chi connectivity index (χ3v) is 5.13. The van der Waals surface area contributed by atoms with Gasteiger partial charge in [0.1, 0.15) is 0 Å². The summed E-state index contributed by atoms with van der Waals surface area (Å²) in [6.07, 6.45) is 2.18. The van der Waals surface area contributed by atoms with Crippen LogP contribution in [0.15, 0.2) is 42.5 Å². The molecule has 0 unspecified atom stereocenters. The molecule has 0 aromatic heterocycles. The van der Waals surface area contributed by atoms with Crippen molar-refractivity contribution in [1.82, 2.24) is 10.2 Å². The smallest absolute Gasteiger partial charge is 0.253 e. The fourth-order valence-electron chi connectivity index (χ4n) is 3.25. The van der Waals surface area contributed by atoms with E-state index in [0.717, 1.165) is 42.7 Å². The van der Waals surface area contributed by atoms with E-state index in [9.17, 15) is 9.59 Å². The van der Waals surface area contributed by atoms with Crippen LogP contribution in [-0.4, -0.2) is 36.3 Å². The van der Waals surface area contributed by atoms with Crippen LogP contribution < -0.4 is 10.6 Å². The lowest BCUT2D eigenvalue weighted by Gasteiger charge is -2.15. The molecule has 2 N–H and O–H groups in total. The molecule has 1 aliphatic heterocycles. The number of hydrogen-bond donors (Lipinski definition) is 2. The zero-order chi connectivity index (χ0) is 19.2. The second kappa shape index (κ2) is 8.71. The highest BCUT2D eigenvalue weighted by Crippen LogP contribution is 2.17. The number of carbonyl (C=O) groups excluding carboxylic acids is 2. The van der Waals surface area contributed by atoms with Crippen LogP contribution in [0.25, 0.3) is 0 Å². The number of rotatable bonds is 6. The first-order valence-corrected chi connectivity index (χ1v) is 9.49. The standard InChI is InChI=1S/C22H27N3O2/c1-16-6-5-7-20(17(16)2)23-15-21(26)24-14-18-8-10-19(11-9-18)22(27)25-12-3-4-13-25/h5-11,23H,3-4,12-15H2,1-2H3,(H,24,26). The third kappa shape index (κ3) is 4.88. The topological polar surface area (TPSA) is 61.4 Å². The summed E-state index contributed by atoms with van der Waals surface area (Å²) < 4.78 is 0. The van der Waals surface area contributed by atoms with Crippen LogP contribution in [0.5, 0.6) is 0 Å². The molecule has 2 aromatic carbocycles. The molecular weight excluding hydrogens is 338 g/mol. The van der Waals surface area contributed by atoms with Crippen molar-refractivity contribution < 1.29 is 9.59 Å². The van der Waals surface area contributed by atoms with E-state index in [1.54, 1.807) is 0 Å². The molecule has 0 aliphatic carbocycles. The first-order chi connectivity index (χ1) is 13.0. The van der Waals surface area contributed by atoms with E-state index in [-0.39, 0.29) is 18.4 Å². The van der Waals surface area contributed by atoms with Crippen LogP contribution in [0.2, 0.25) is 0 Å². The molecule has 0 spiro atoms. The molecule has 1 heterocycles. The van der Waals surface area contributed by atoms with E-state index in [1.165, 1.54) is 5.56 Å². The monoisotopic (exact) mass is 365 g/mol. The van der Waals surface area contributed by atoms with E-state index < -0.39 is 0 Å². The predicted octanol–water partition coefficient (Wildman–Crippen LogP) is 3.27. The van der Waals surface area contributed by atoms with Crippen molar-refractivity contribution in [1.29, 1.82) is 0 Å². The molecule has 0 radical (unpaired) electrons. The molecule has 1 fully saturated rings. The maximum atomic E-state index is 12.3. The van der Waals surface area contributed by atoms with E-state index in [4.69, 9.17) is 0 Å². The van der Waals surface area contributed by atoms with Crippen LogP contribution in [0.1, 0.15) is 39.9 Å². The Morgan fingerprint density at radius 2 is 1.70 bits per heavy atom. The first-order valence-electron chi connectivity index (χ1n) is 9.49. The molecule has 27 heavy (non-hydrogen) atoms. The predicted molar refractivity (Wildman–Crippen MR) is 108 cm³/mol. The lowest BCUT2D eigenvalue weighted by Crippen LogP contribution is -2.29. The summed E-state index contributed by atoms with van der Waals surface area (Å²) in [5, 5.41) is 6.09. The number of likely N-dealkylation sites (tertiary alicyclic amines) is 1. The number of anilines is 1. The van der Waals surface area contributed by atoms with Crippen molar-refractivity contribution in [2.75, 3.05) is 25.0 Å². The average Bonchev–Trinajstić information content (AvgIpc) is 3.22. The normalized spacial score (nSPS) is 13.5. The highest BCUT2D eigenvalue weighted by Gasteiger charge is 2.19. The Balaban J connectivity index is 1.47. The number of nitrogens with one attached hydrogen (secondary N) is 2. The van der Waals surface area contributed by atoms with Gasteiger partial charge in [-0.2, -0.15) is 0 Å². The van der Waals surface area contributed by atoms with Crippen LogP contribution >= 0.6 is 0 Å². The maximum Gasteiger partial charge on any atom is 0.253 e. The molecule has 142 valence electrons. The van der Waals surface area contributed by atoms with Crippen molar-refractivity contribution in [2.45, 2.75) is 33.2 Å². The third-order valence-electron chi connectivity index (χ3n) is 5.13. The fraction of sp³-hybridized carbons (Fsp3) is 0.364. The average molecular weight is 365 g/mol. The minimum atomic E-state index is -0.0619. The van der Waals surface area contributed by atoms with Gasteiger partial charge in [-0.25, -0.2) is 0 Å². The lowest BCUT2D eigenvalue weighted by atomic mass is 10.1. The number of hydrogen-bond acceptors (Lipinski definition) is 3. The Morgan fingerprint density at radius 1 is 1.00 bits per heavy atom. The van der Waals surface area contributed by atoms with Gasteiger partial charge in [-0.1, -0.05) is 24.3 Å². The van der Waals surface area contributed by atoms with E-state index in [0.29, 0.717) is 12.1 Å². The van der Waals surface area contributed by atoms with Gasteiger partial charge in [0.25, 0.3) is 5.91 Å².